The molecule has 1 fully saturated rings. The minimum absolute atomic E-state index is 0.160. The summed E-state index contributed by atoms with van der Waals surface area (Å²) < 4.78 is 38.7. The van der Waals surface area contributed by atoms with Crippen LogP contribution in [-0.4, -0.2) is 26.3 Å². The van der Waals surface area contributed by atoms with E-state index in [0.717, 1.165) is 12.3 Å². The molecular formula is C16H15F3N2O2. The molecule has 1 aliphatic carbocycles. The minimum atomic E-state index is -4.51. The number of pyridine rings is 2. The van der Waals surface area contributed by atoms with E-state index in [2.05, 4.69) is 9.97 Å². The van der Waals surface area contributed by atoms with Gasteiger partial charge in [-0.05, 0) is 36.6 Å². The van der Waals surface area contributed by atoms with Crippen LogP contribution in [0.4, 0.5) is 13.2 Å². The van der Waals surface area contributed by atoms with Crippen LogP contribution >= 0.6 is 0 Å². The second kappa shape index (κ2) is 5.58. The summed E-state index contributed by atoms with van der Waals surface area (Å²) in [5, 5.41) is 20.4. The fraction of sp³-hybridized carbons (Fsp3) is 0.375. The standard InChI is InChI=1S/C16H15F3N2O2/c17-16(18,19)11-5-10(8-20-9-11)15(6-12(22)7-15)14(23)13-3-1-2-4-21-13/h1-5,8-9,12,14,22-23H,6-7H2/t12-,14-,15+/m1/s1. The summed E-state index contributed by atoms with van der Waals surface area (Å²) in [6, 6.07) is 5.98. The van der Waals surface area contributed by atoms with Gasteiger partial charge in [0.25, 0.3) is 0 Å². The smallest absolute Gasteiger partial charge is 0.393 e. The van der Waals surface area contributed by atoms with E-state index in [1.807, 2.05) is 0 Å². The van der Waals surface area contributed by atoms with Crippen molar-refractivity contribution in [3.8, 4) is 0 Å². The molecule has 0 aliphatic heterocycles. The van der Waals surface area contributed by atoms with Crippen molar-refractivity contribution in [1.82, 2.24) is 9.97 Å². The highest BCUT2D eigenvalue weighted by Gasteiger charge is 2.51. The zero-order valence-corrected chi connectivity index (χ0v) is 12.0. The van der Waals surface area contributed by atoms with Gasteiger partial charge in [-0.15, -0.1) is 0 Å². The topological polar surface area (TPSA) is 66.2 Å². The largest absolute Gasteiger partial charge is 0.417 e. The van der Waals surface area contributed by atoms with Crippen LogP contribution in [0.3, 0.4) is 0 Å². The third-order valence-electron chi connectivity index (χ3n) is 4.33. The SMILES string of the molecule is O[C@H](c1ccccn1)[C@]1(c2cncc(C(F)(F)F)c2)C[C@H](O)C1. The van der Waals surface area contributed by atoms with Gasteiger partial charge in [-0.25, -0.2) is 0 Å². The monoisotopic (exact) mass is 324 g/mol. The highest BCUT2D eigenvalue weighted by Crippen LogP contribution is 2.52. The zero-order valence-electron chi connectivity index (χ0n) is 12.0. The lowest BCUT2D eigenvalue weighted by molar-refractivity contribution is -0.138. The fourth-order valence-corrected chi connectivity index (χ4v) is 3.09. The second-order valence-corrected chi connectivity index (χ2v) is 5.84. The number of hydrogen-bond acceptors (Lipinski definition) is 4. The predicted molar refractivity (Wildman–Crippen MR) is 75.4 cm³/mol. The van der Waals surface area contributed by atoms with Gasteiger partial charge in [0.05, 0.1) is 17.4 Å². The number of rotatable bonds is 3. The number of hydrogen-bond donors (Lipinski definition) is 2. The van der Waals surface area contributed by atoms with Gasteiger partial charge < -0.3 is 10.2 Å². The molecular weight excluding hydrogens is 309 g/mol. The van der Waals surface area contributed by atoms with Crippen molar-refractivity contribution < 1.29 is 23.4 Å². The van der Waals surface area contributed by atoms with Gasteiger partial charge in [0, 0.05) is 24.0 Å². The lowest BCUT2D eigenvalue weighted by Crippen LogP contribution is -2.49. The Bertz CT molecular complexity index is 685. The number of nitrogens with zero attached hydrogens (tertiary/aromatic N) is 2. The molecule has 122 valence electrons. The first-order chi connectivity index (χ1) is 10.8. The van der Waals surface area contributed by atoms with Gasteiger partial charge in [-0.3, -0.25) is 9.97 Å². The third-order valence-corrected chi connectivity index (χ3v) is 4.33. The minimum Gasteiger partial charge on any atom is -0.393 e. The number of halogens is 3. The van der Waals surface area contributed by atoms with Crippen molar-refractivity contribution >= 4 is 0 Å². The molecule has 0 unspecified atom stereocenters. The molecule has 0 bridgehead atoms. The Hall–Kier alpha value is -1.99. The van der Waals surface area contributed by atoms with Crippen LogP contribution < -0.4 is 0 Å². The Morgan fingerprint density at radius 3 is 2.52 bits per heavy atom. The molecule has 2 aromatic heterocycles. The summed E-state index contributed by atoms with van der Waals surface area (Å²) in [6.07, 6.45) is -2.40. The first kappa shape index (κ1) is 15.9. The van der Waals surface area contributed by atoms with Gasteiger partial charge in [0.1, 0.15) is 6.10 Å². The third kappa shape index (κ3) is 2.82. The quantitative estimate of drug-likeness (QED) is 0.911. The molecule has 23 heavy (non-hydrogen) atoms. The van der Waals surface area contributed by atoms with E-state index in [1.165, 1.54) is 12.4 Å². The average Bonchev–Trinajstić information content (AvgIpc) is 2.51. The Morgan fingerprint density at radius 2 is 1.96 bits per heavy atom. The summed E-state index contributed by atoms with van der Waals surface area (Å²) in [4.78, 5) is 7.74. The van der Waals surface area contributed by atoms with Crippen molar-refractivity contribution in [3.05, 3.63) is 59.7 Å². The Balaban J connectivity index is 2.02. The fourth-order valence-electron chi connectivity index (χ4n) is 3.09. The molecule has 2 N–H and O–H groups in total. The van der Waals surface area contributed by atoms with Crippen LogP contribution in [0.1, 0.15) is 35.8 Å². The van der Waals surface area contributed by atoms with Gasteiger partial charge in [-0.1, -0.05) is 6.07 Å². The Morgan fingerprint density at radius 1 is 1.22 bits per heavy atom. The molecule has 1 atom stereocenters. The molecule has 0 saturated heterocycles. The van der Waals surface area contributed by atoms with Crippen molar-refractivity contribution in [2.24, 2.45) is 0 Å². The van der Waals surface area contributed by atoms with Crippen molar-refractivity contribution in [1.29, 1.82) is 0 Å². The van der Waals surface area contributed by atoms with Crippen LogP contribution in [0.25, 0.3) is 0 Å². The zero-order chi connectivity index (χ0) is 16.7. The summed E-state index contributed by atoms with van der Waals surface area (Å²) in [5.74, 6) is 0. The highest BCUT2D eigenvalue weighted by atomic mass is 19.4. The van der Waals surface area contributed by atoms with E-state index in [-0.39, 0.29) is 18.4 Å². The van der Waals surface area contributed by atoms with Gasteiger partial charge in [0.2, 0.25) is 0 Å². The van der Waals surface area contributed by atoms with E-state index in [0.29, 0.717) is 5.69 Å². The Labute approximate surface area is 130 Å². The molecule has 4 nitrogen and oxygen atoms in total. The highest BCUT2D eigenvalue weighted by molar-refractivity contribution is 5.35. The molecule has 0 radical (unpaired) electrons. The molecule has 2 aromatic rings. The maximum atomic E-state index is 12.9. The van der Waals surface area contributed by atoms with Gasteiger partial charge in [0.15, 0.2) is 0 Å². The van der Waals surface area contributed by atoms with E-state index >= 15 is 0 Å². The maximum absolute atomic E-state index is 12.9. The van der Waals surface area contributed by atoms with Crippen molar-refractivity contribution in [2.45, 2.75) is 36.6 Å². The molecule has 3 rings (SSSR count). The first-order valence-electron chi connectivity index (χ1n) is 7.13. The maximum Gasteiger partial charge on any atom is 0.417 e. The van der Waals surface area contributed by atoms with Crippen LogP contribution in [-0.2, 0) is 11.6 Å². The summed E-state index contributed by atoms with van der Waals surface area (Å²) in [6.45, 7) is 0. The lowest BCUT2D eigenvalue weighted by atomic mass is 9.59. The second-order valence-electron chi connectivity index (χ2n) is 5.84. The number of aliphatic hydroxyl groups is 2. The number of alkyl halides is 3. The molecule has 0 amide bonds. The van der Waals surface area contributed by atoms with Crippen LogP contribution in [0.15, 0.2) is 42.9 Å². The molecule has 7 heteroatoms. The van der Waals surface area contributed by atoms with E-state index in [1.54, 1.807) is 18.2 Å². The molecule has 0 spiro atoms. The molecule has 1 saturated carbocycles. The predicted octanol–water partition coefficient (Wildman–Crippen LogP) is 2.62. The van der Waals surface area contributed by atoms with Crippen LogP contribution in [0.5, 0.6) is 0 Å². The molecule has 1 aliphatic rings. The normalized spacial score (nSPS) is 25.7. The lowest BCUT2D eigenvalue weighted by Gasteiger charge is -2.48. The van der Waals surface area contributed by atoms with Crippen LogP contribution in [0, 0.1) is 0 Å². The van der Waals surface area contributed by atoms with Gasteiger partial charge in [-0.2, -0.15) is 13.2 Å². The number of aromatic nitrogens is 2. The average molecular weight is 324 g/mol. The Kier molecular flexibility index (Phi) is 3.85. The first-order valence-corrected chi connectivity index (χ1v) is 7.13. The van der Waals surface area contributed by atoms with Crippen molar-refractivity contribution in [2.75, 3.05) is 0 Å². The molecule has 0 aromatic carbocycles. The van der Waals surface area contributed by atoms with Crippen LogP contribution in [0.2, 0.25) is 0 Å². The molecule has 2 heterocycles. The summed E-state index contributed by atoms with van der Waals surface area (Å²) in [7, 11) is 0. The van der Waals surface area contributed by atoms with E-state index < -0.39 is 29.4 Å². The van der Waals surface area contributed by atoms with E-state index in [9.17, 15) is 23.4 Å². The summed E-state index contributed by atoms with van der Waals surface area (Å²) >= 11 is 0. The summed E-state index contributed by atoms with van der Waals surface area (Å²) in [5.41, 5.74) is -1.27. The number of aliphatic hydroxyl groups excluding tert-OH is 2. The van der Waals surface area contributed by atoms with Crippen molar-refractivity contribution in [3.63, 3.8) is 0 Å². The van der Waals surface area contributed by atoms with Gasteiger partial charge >= 0.3 is 6.18 Å². The van der Waals surface area contributed by atoms with E-state index in [4.69, 9.17) is 0 Å².